The number of hydrogen-bond acceptors (Lipinski definition) is 6. The smallest absolute Gasteiger partial charge is 0.347 e. The first-order valence-electron chi connectivity index (χ1n) is 7.44. The Balaban J connectivity index is 2.06. The van der Waals surface area contributed by atoms with E-state index in [1.54, 1.807) is 19.1 Å². The molecule has 0 radical (unpaired) electrons. The molecular weight excluding hydrogens is 284 g/mol. The maximum absolute atomic E-state index is 11.7. The highest BCUT2D eigenvalue weighted by atomic mass is 16.6. The second kappa shape index (κ2) is 7.59. The van der Waals surface area contributed by atoms with Crippen molar-refractivity contribution in [2.75, 3.05) is 6.61 Å². The molecule has 22 heavy (non-hydrogen) atoms. The van der Waals surface area contributed by atoms with E-state index in [2.05, 4.69) is 10.1 Å². The van der Waals surface area contributed by atoms with Crippen LogP contribution in [0.3, 0.4) is 0 Å². The van der Waals surface area contributed by atoms with Gasteiger partial charge in [-0.15, -0.1) is 0 Å². The second-order valence-electron chi connectivity index (χ2n) is 4.66. The van der Waals surface area contributed by atoms with Crippen molar-refractivity contribution in [2.45, 2.75) is 39.7 Å². The van der Waals surface area contributed by atoms with Gasteiger partial charge < -0.3 is 14.0 Å². The summed E-state index contributed by atoms with van der Waals surface area (Å²) >= 11 is 0. The second-order valence-corrected chi connectivity index (χ2v) is 4.66. The first kappa shape index (κ1) is 16.0. The van der Waals surface area contributed by atoms with Gasteiger partial charge in [0.1, 0.15) is 5.75 Å². The topological polar surface area (TPSA) is 74.5 Å². The van der Waals surface area contributed by atoms with Crippen molar-refractivity contribution in [1.82, 2.24) is 10.1 Å². The minimum atomic E-state index is -0.595. The van der Waals surface area contributed by atoms with E-state index in [1.807, 2.05) is 26.0 Å². The molecule has 2 aromatic rings. The van der Waals surface area contributed by atoms with Gasteiger partial charge >= 0.3 is 5.97 Å². The lowest BCUT2D eigenvalue weighted by atomic mass is 10.2. The highest BCUT2D eigenvalue weighted by Crippen LogP contribution is 2.21. The third-order valence-electron chi connectivity index (χ3n) is 3.08. The van der Waals surface area contributed by atoms with Crippen molar-refractivity contribution in [3.05, 3.63) is 30.2 Å². The van der Waals surface area contributed by atoms with Crippen molar-refractivity contribution in [2.24, 2.45) is 0 Å². The van der Waals surface area contributed by atoms with Gasteiger partial charge in [-0.3, -0.25) is 0 Å². The maximum atomic E-state index is 11.7. The summed E-state index contributed by atoms with van der Waals surface area (Å²) in [5.41, 5.74) is 0.833. The zero-order valence-corrected chi connectivity index (χ0v) is 13.0. The molecular formula is C16H20N2O4. The molecule has 0 aliphatic heterocycles. The average molecular weight is 304 g/mol. The van der Waals surface area contributed by atoms with E-state index in [0.29, 0.717) is 36.9 Å². The number of rotatable bonds is 7. The quantitative estimate of drug-likeness (QED) is 0.732. The molecule has 1 aromatic heterocycles. The molecule has 1 heterocycles. The Morgan fingerprint density at radius 3 is 2.50 bits per heavy atom. The van der Waals surface area contributed by atoms with Crippen LogP contribution in [0.2, 0.25) is 0 Å². The van der Waals surface area contributed by atoms with E-state index in [4.69, 9.17) is 14.0 Å². The first-order chi connectivity index (χ1) is 10.7. The number of carbonyl (C=O) groups excluding carboxylic acids is 1. The van der Waals surface area contributed by atoms with E-state index in [0.717, 1.165) is 5.56 Å². The summed E-state index contributed by atoms with van der Waals surface area (Å²) in [5, 5.41) is 3.92. The van der Waals surface area contributed by atoms with Gasteiger partial charge in [-0.1, -0.05) is 19.0 Å². The number of benzene rings is 1. The fourth-order valence-electron chi connectivity index (χ4n) is 1.90. The van der Waals surface area contributed by atoms with Crippen LogP contribution in [0.15, 0.2) is 28.8 Å². The molecule has 0 aliphatic rings. The molecule has 0 saturated carbocycles. The Hall–Kier alpha value is -2.37. The molecule has 6 nitrogen and oxygen atoms in total. The van der Waals surface area contributed by atoms with E-state index < -0.39 is 6.10 Å². The van der Waals surface area contributed by atoms with Gasteiger partial charge in [0.25, 0.3) is 0 Å². The maximum Gasteiger partial charge on any atom is 0.347 e. The fourth-order valence-corrected chi connectivity index (χ4v) is 1.90. The van der Waals surface area contributed by atoms with E-state index in [1.165, 1.54) is 0 Å². The molecule has 0 amide bonds. The van der Waals surface area contributed by atoms with E-state index in [-0.39, 0.29) is 5.97 Å². The van der Waals surface area contributed by atoms with Crippen LogP contribution in [-0.2, 0) is 16.0 Å². The molecule has 2 rings (SSSR count). The zero-order valence-electron chi connectivity index (χ0n) is 13.0. The van der Waals surface area contributed by atoms with Gasteiger partial charge in [0, 0.05) is 12.0 Å². The highest BCUT2D eigenvalue weighted by molar-refractivity contribution is 5.75. The van der Waals surface area contributed by atoms with Crippen LogP contribution in [0, 0.1) is 0 Å². The number of nitrogens with zero attached hydrogens (tertiary/aromatic N) is 2. The van der Waals surface area contributed by atoms with Crippen molar-refractivity contribution >= 4 is 5.97 Å². The number of aryl methyl sites for hydroxylation is 1. The summed E-state index contributed by atoms with van der Waals surface area (Å²) in [5.74, 6) is 1.40. The Morgan fingerprint density at radius 1 is 1.23 bits per heavy atom. The molecule has 0 aliphatic carbocycles. The summed E-state index contributed by atoms with van der Waals surface area (Å²) in [7, 11) is 0. The number of esters is 1. The first-order valence-corrected chi connectivity index (χ1v) is 7.44. The monoisotopic (exact) mass is 304 g/mol. The van der Waals surface area contributed by atoms with Crippen LogP contribution in [0.4, 0.5) is 0 Å². The van der Waals surface area contributed by atoms with Crippen LogP contribution in [0.5, 0.6) is 5.75 Å². The Labute approximate surface area is 129 Å². The molecule has 118 valence electrons. The third-order valence-corrected chi connectivity index (χ3v) is 3.08. The van der Waals surface area contributed by atoms with Crippen LogP contribution >= 0.6 is 0 Å². The summed E-state index contributed by atoms with van der Waals surface area (Å²) < 4.78 is 15.7. The van der Waals surface area contributed by atoms with Crippen LogP contribution < -0.4 is 4.74 Å². The molecule has 0 spiro atoms. The normalized spacial score (nSPS) is 12.0. The molecule has 0 fully saturated rings. The molecule has 6 heteroatoms. The summed E-state index contributed by atoms with van der Waals surface area (Å²) in [6.45, 7) is 5.94. The minimum Gasteiger partial charge on any atom is -0.479 e. The van der Waals surface area contributed by atoms with Gasteiger partial charge in [0.15, 0.2) is 6.10 Å². The molecule has 1 atom stereocenters. The molecule has 0 bridgehead atoms. The summed E-state index contributed by atoms with van der Waals surface area (Å²) in [6.07, 6.45) is 0.652. The number of ether oxygens (including phenoxy) is 2. The summed E-state index contributed by atoms with van der Waals surface area (Å²) in [6, 6.07) is 7.22. The van der Waals surface area contributed by atoms with Gasteiger partial charge in [0.05, 0.1) is 6.61 Å². The Bertz CT molecular complexity index is 607. The van der Waals surface area contributed by atoms with Gasteiger partial charge in [-0.2, -0.15) is 4.98 Å². The highest BCUT2D eigenvalue weighted by Gasteiger charge is 2.19. The Kier molecular flexibility index (Phi) is 5.52. The van der Waals surface area contributed by atoms with Gasteiger partial charge in [-0.25, -0.2) is 4.79 Å². The lowest BCUT2D eigenvalue weighted by Gasteiger charge is -2.15. The lowest BCUT2D eigenvalue weighted by Crippen LogP contribution is -2.28. The largest absolute Gasteiger partial charge is 0.479 e. The van der Waals surface area contributed by atoms with Crippen molar-refractivity contribution in [3.63, 3.8) is 0 Å². The fraction of sp³-hybridized carbons (Fsp3) is 0.438. The molecule has 1 aromatic carbocycles. The van der Waals surface area contributed by atoms with Crippen molar-refractivity contribution in [3.8, 4) is 17.1 Å². The van der Waals surface area contributed by atoms with Crippen LogP contribution in [-0.4, -0.2) is 28.8 Å². The molecule has 0 N–H and O–H groups in total. The SMILES string of the molecule is CCOC(=O)C(CC)Oc1ccc(-c2noc(CC)n2)cc1. The predicted octanol–water partition coefficient (Wildman–Crippen LogP) is 3.02. The molecule has 0 saturated heterocycles. The number of carbonyl (C=O) groups is 1. The van der Waals surface area contributed by atoms with E-state index in [9.17, 15) is 4.79 Å². The van der Waals surface area contributed by atoms with Crippen LogP contribution in [0.25, 0.3) is 11.4 Å². The third kappa shape index (κ3) is 3.84. The van der Waals surface area contributed by atoms with Gasteiger partial charge in [0.2, 0.25) is 11.7 Å². The minimum absolute atomic E-state index is 0.342. The van der Waals surface area contributed by atoms with Crippen molar-refractivity contribution in [1.29, 1.82) is 0 Å². The zero-order chi connectivity index (χ0) is 15.9. The van der Waals surface area contributed by atoms with E-state index >= 15 is 0 Å². The van der Waals surface area contributed by atoms with Crippen molar-refractivity contribution < 1.29 is 18.8 Å². The number of hydrogen-bond donors (Lipinski definition) is 0. The van der Waals surface area contributed by atoms with Gasteiger partial charge in [-0.05, 0) is 37.6 Å². The Morgan fingerprint density at radius 2 is 1.95 bits per heavy atom. The van der Waals surface area contributed by atoms with Crippen LogP contribution in [0.1, 0.15) is 33.1 Å². The lowest BCUT2D eigenvalue weighted by molar-refractivity contribution is -0.151. The average Bonchev–Trinajstić information content (AvgIpc) is 3.02. The number of aromatic nitrogens is 2. The summed E-state index contributed by atoms with van der Waals surface area (Å²) in [4.78, 5) is 16.0. The predicted molar refractivity (Wildman–Crippen MR) is 80.5 cm³/mol. The standard InChI is InChI=1S/C16H20N2O4/c1-4-13(16(19)20-6-3)21-12-9-7-11(8-10-12)15-17-14(5-2)22-18-15/h7-10,13H,4-6H2,1-3H3. The molecule has 1 unspecified atom stereocenters.